The van der Waals surface area contributed by atoms with Crippen molar-refractivity contribution in [3.8, 4) is 0 Å². The van der Waals surface area contributed by atoms with E-state index < -0.39 is 0 Å². The number of aryl methyl sites for hydroxylation is 2. The van der Waals surface area contributed by atoms with Gasteiger partial charge in [-0.3, -0.25) is 0 Å². The molecule has 0 saturated carbocycles. The van der Waals surface area contributed by atoms with Gasteiger partial charge in [0.1, 0.15) is 16.4 Å². The number of nitrogens with zero attached hydrogens (tertiary/aromatic N) is 3. The second-order valence-electron chi connectivity index (χ2n) is 4.08. The molecule has 0 radical (unpaired) electrons. The second-order valence-corrected chi connectivity index (χ2v) is 5.32. The Morgan fingerprint density at radius 3 is 2.89 bits per heavy atom. The molecule has 0 aliphatic rings. The number of fused-ring (bicyclic) bond motifs is 1. The molecule has 7 heteroatoms. The van der Waals surface area contributed by atoms with E-state index in [9.17, 15) is 0 Å². The molecule has 0 unspecified atom stereocenters. The molecule has 0 atom stereocenters. The summed E-state index contributed by atoms with van der Waals surface area (Å²) in [5, 5.41) is 6.33. The lowest BCUT2D eigenvalue weighted by Gasteiger charge is -2.04. The van der Waals surface area contributed by atoms with Crippen molar-refractivity contribution in [2.75, 3.05) is 5.32 Å². The molecule has 3 heterocycles. The van der Waals surface area contributed by atoms with E-state index in [-0.39, 0.29) is 5.28 Å². The molecule has 98 valence electrons. The summed E-state index contributed by atoms with van der Waals surface area (Å²) in [6, 6.07) is 1.96. The van der Waals surface area contributed by atoms with Gasteiger partial charge in [-0.2, -0.15) is 0 Å². The van der Waals surface area contributed by atoms with Crippen LogP contribution in [-0.2, 0) is 6.54 Å². The minimum atomic E-state index is 0.234. The number of hydrogen-bond donors (Lipinski definition) is 1. The van der Waals surface area contributed by atoms with Crippen LogP contribution in [0.15, 0.2) is 15.9 Å². The minimum Gasteiger partial charge on any atom is -0.444 e. The monoisotopic (exact) mass is 294 g/mol. The van der Waals surface area contributed by atoms with Crippen LogP contribution in [0.4, 0.5) is 5.82 Å². The summed E-state index contributed by atoms with van der Waals surface area (Å²) in [6.45, 7) is 4.28. The standard InChI is InChI=1S/C12H11ClN4OS/c1-6-7(2)18-9(15-6)5-14-10-8-3-4-19-11(8)17-12(13)16-10/h3-4H,5H2,1-2H3,(H,14,16,17). The molecule has 0 aliphatic carbocycles. The summed E-state index contributed by atoms with van der Waals surface area (Å²) >= 11 is 7.43. The summed E-state index contributed by atoms with van der Waals surface area (Å²) < 4.78 is 5.51. The zero-order valence-electron chi connectivity index (χ0n) is 10.4. The fraction of sp³-hybridized carbons (Fsp3) is 0.250. The fourth-order valence-electron chi connectivity index (χ4n) is 1.74. The zero-order chi connectivity index (χ0) is 13.4. The van der Waals surface area contributed by atoms with Gasteiger partial charge in [-0.05, 0) is 36.9 Å². The van der Waals surface area contributed by atoms with Gasteiger partial charge in [-0.15, -0.1) is 11.3 Å². The highest BCUT2D eigenvalue weighted by atomic mass is 35.5. The van der Waals surface area contributed by atoms with Gasteiger partial charge in [0, 0.05) is 0 Å². The van der Waals surface area contributed by atoms with Crippen molar-refractivity contribution < 1.29 is 4.42 Å². The molecule has 3 aromatic heterocycles. The van der Waals surface area contributed by atoms with Crippen LogP contribution in [0.5, 0.6) is 0 Å². The number of aromatic nitrogens is 3. The number of thiophene rings is 1. The highest BCUT2D eigenvalue weighted by Gasteiger charge is 2.10. The number of hydrogen-bond acceptors (Lipinski definition) is 6. The van der Waals surface area contributed by atoms with Gasteiger partial charge in [0.05, 0.1) is 17.6 Å². The largest absolute Gasteiger partial charge is 0.444 e. The summed E-state index contributed by atoms with van der Waals surface area (Å²) in [7, 11) is 0. The molecule has 0 saturated heterocycles. The first-order chi connectivity index (χ1) is 9.13. The van der Waals surface area contributed by atoms with Crippen LogP contribution in [0, 0.1) is 13.8 Å². The van der Waals surface area contributed by atoms with Gasteiger partial charge in [-0.1, -0.05) is 0 Å². The average molecular weight is 295 g/mol. The highest BCUT2D eigenvalue weighted by Crippen LogP contribution is 2.26. The van der Waals surface area contributed by atoms with Crippen LogP contribution < -0.4 is 5.32 Å². The first-order valence-electron chi connectivity index (χ1n) is 5.71. The van der Waals surface area contributed by atoms with Gasteiger partial charge in [0.25, 0.3) is 0 Å². The van der Waals surface area contributed by atoms with Gasteiger partial charge in [0.15, 0.2) is 0 Å². The molecular formula is C12H11ClN4OS. The van der Waals surface area contributed by atoms with E-state index >= 15 is 0 Å². The van der Waals surface area contributed by atoms with Crippen molar-refractivity contribution in [2.45, 2.75) is 20.4 Å². The minimum absolute atomic E-state index is 0.234. The average Bonchev–Trinajstić information content (AvgIpc) is 2.94. The van der Waals surface area contributed by atoms with Crippen LogP contribution >= 0.6 is 22.9 Å². The van der Waals surface area contributed by atoms with Crippen LogP contribution in [0.2, 0.25) is 5.28 Å². The topological polar surface area (TPSA) is 63.8 Å². The van der Waals surface area contributed by atoms with E-state index in [1.807, 2.05) is 25.3 Å². The van der Waals surface area contributed by atoms with Crippen molar-refractivity contribution in [3.63, 3.8) is 0 Å². The van der Waals surface area contributed by atoms with Crippen LogP contribution in [-0.4, -0.2) is 15.0 Å². The lowest BCUT2D eigenvalue weighted by Crippen LogP contribution is -2.02. The molecule has 5 nitrogen and oxygen atoms in total. The molecular weight excluding hydrogens is 284 g/mol. The van der Waals surface area contributed by atoms with Crippen molar-refractivity contribution >= 4 is 39.0 Å². The SMILES string of the molecule is Cc1nc(CNc2nc(Cl)nc3sccc23)oc1C. The molecule has 19 heavy (non-hydrogen) atoms. The second kappa shape index (κ2) is 4.79. The van der Waals surface area contributed by atoms with Gasteiger partial charge in [-0.25, -0.2) is 15.0 Å². The van der Waals surface area contributed by atoms with Gasteiger partial charge >= 0.3 is 0 Å². The third-order valence-electron chi connectivity index (χ3n) is 2.78. The van der Waals surface area contributed by atoms with E-state index in [1.165, 1.54) is 11.3 Å². The molecule has 3 rings (SSSR count). The van der Waals surface area contributed by atoms with E-state index in [4.69, 9.17) is 16.0 Å². The summed E-state index contributed by atoms with van der Waals surface area (Å²) in [5.41, 5.74) is 0.901. The normalized spacial score (nSPS) is 11.1. The van der Waals surface area contributed by atoms with Crippen molar-refractivity contribution in [2.24, 2.45) is 0 Å². The Morgan fingerprint density at radius 1 is 1.32 bits per heavy atom. The lowest BCUT2D eigenvalue weighted by molar-refractivity contribution is 0.478. The van der Waals surface area contributed by atoms with Gasteiger partial charge < -0.3 is 9.73 Å². The highest BCUT2D eigenvalue weighted by molar-refractivity contribution is 7.16. The van der Waals surface area contributed by atoms with Gasteiger partial charge in [0.2, 0.25) is 11.2 Å². The number of halogens is 1. The van der Waals surface area contributed by atoms with Crippen molar-refractivity contribution in [1.29, 1.82) is 0 Å². The predicted octanol–water partition coefficient (Wildman–Crippen LogP) is 3.56. The van der Waals surface area contributed by atoms with E-state index in [0.29, 0.717) is 18.3 Å². The Balaban J connectivity index is 1.87. The number of rotatable bonds is 3. The maximum atomic E-state index is 5.90. The molecule has 0 fully saturated rings. The van der Waals surface area contributed by atoms with E-state index in [1.54, 1.807) is 0 Å². The predicted molar refractivity (Wildman–Crippen MR) is 75.7 cm³/mol. The first kappa shape index (κ1) is 12.4. The molecule has 1 N–H and O–H groups in total. The zero-order valence-corrected chi connectivity index (χ0v) is 12.0. The third-order valence-corrected chi connectivity index (χ3v) is 3.75. The quantitative estimate of drug-likeness (QED) is 0.748. The Labute approximate surface area is 118 Å². The number of anilines is 1. The van der Waals surface area contributed by atoms with E-state index in [0.717, 1.165) is 21.7 Å². The Hall–Kier alpha value is -1.66. The van der Waals surface area contributed by atoms with Crippen LogP contribution in [0.3, 0.4) is 0 Å². The molecule has 0 bridgehead atoms. The Bertz CT molecular complexity index is 717. The van der Waals surface area contributed by atoms with Crippen LogP contribution in [0.1, 0.15) is 17.3 Å². The molecule has 0 spiro atoms. The maximum absolute atomic E-state index is 5.90. The molecule has 0 aromatic carbocycles. The number of oxazole rings is 1. The van der Waals surface area contributed by atoms with Crippen molar-refractivity contribution in [1.82, 2.24) is 15.0 Å². The molecule has 0 aliphatic heterocycles. The molecule has 3 aromatic rings. The Morgan fingerprint density at radius 2 is 2.16 bits per heavy atom. The Kier molecular flexibility index (Phi) is 3.12. The fourth-order valence-corrected chi connectivity index (χ4v) is 2.72. The lowest BCUT2D eigenvalue weighted by atomic mass is 10.4. The molecule has 0 amide bonds. The van der Waals surface area contributed by atoms with Crippen LogP contribution in [0.25, 0.3) is 10.2 Å². The summed E-state index contributed by atoms with van der Waals surface area (Å²) in [6.07, 6.45) is 0. The van der Waals surface area contributed by atoms with Crippen molar-refractivity contribution in [3.05, 3.63) is 34.1 Å². The summed E-state index contributed by atoms with van der Waals surface area (Å²) in [5.74, 6) is 2.16. The summed E-state index contributed by atoms with van der Waals surface area (Å²) in [4.78, 5) is 13.5. The van der Waals surface area contributed by atoms with E-state index in [2.05, 4.69) is 20.3 Å². The number of nitrogens with one attached hydrogen (secondary N) is 1. The third kappa shape index (κ3) is 2.41. The maximum Gasteiger partial charge on any atom is 0.225 e. The first-order valence-corrected chi connectivity index (χ1v) is 6.97. The smallest absolute Gasteiger partial charge is 0.225 e.